The maximum atomic E-state index is 3.50. The summed E-state index contributed by atoms with van der Waals surface area (Å²) < 4.78 is 1.25. The Morgan fingerprint density at radius 2 is 1.65 bits per heavy atom. The van der Waals surface area contributed by atoms with Crippen molar-refractivity contribution in [1.29, 1.82) is 0 Å². The number of nitrogens with one attached hydrogen (secondary N) is 1. The fraction of sp³-hybridized carbons (Fsp3) is 0.0588. The number of para-hydroxylation sites is 1. The lowest BCUT2D eigenvalue weighted by Crippen LogP contribution is -1.98. The van der Waals surface area contributed by atoms with Gasteiger partial charge < -0.3 is 5.32 Å². The molecule has 0 bridgehead atoms. The summed E-state index contributed by atoms with van der Waals surface area (Å²) in [4.78, 5) is 1.35. The average Bonchev–Trinajstić information content (AvgIpc) is 2.96. The van der Waals surface area contributed by atoms with Crippen LogP contribution in [0.2, 0.25) is 0 Å². The van der Waals surface area contributed by atoms with Gasteiger partial charge in [-0.25, -0.2) is 0 Å². The molecule has 0 aliphatic carbocycles. The topological polar surface area (TPSA) is 12.0 Å². The third-order valence-electron chi connectivity index (χ3n) is 3.09. The van der Waals surface area contributed by atoms with Crippen molar-refractivity contribution < 1.29 is 0 Å². The Kier molecular flexibility index (Phi) is 4.38. The average molecular weight is 391 g/mol. The van der Waals surface area contributed by atoms with Crippen LogP contribution in [0.25, 0.3) is 11.1 Å². The summed E-state index contributed by atoms with van der Waals surface area (Å²) in [6.07, 6.45) is 0. The second kappa shape index (κ2) is 6.41. The molecule has 100 valence electrons. The summed E-state index contributed by atoms with van der Waals surface area (Å²) >= 11 is 4.16. The third kappa shape index (κ3) is 3.22. The molecule has 0 saturated carbocycles. The van der Waals surface area contributed by atoms with E-state index in [0.29, 0.717) is 0 Å². The van der Waals surface area contributed by atoms with Gasteiger partial charge in [0.05, 0.1) is 0 Å². The number of halogens is 1. The van der Waals surface area contributed by atoms with Gasteiger partial charge in [-0.05, 0) is 57.3 Å². The van der Waals surface area contributed by atoms with Gasteiger partial charge in [0.25, 0.3) is 0 Å². The van der Waals surface area contributed by atoms with E-state index in [9.17, 15) is 0 Å². The molecule has 1 aromatic heterocycles. The zero-order chi connectivity index (χ0) is 13.8. The Bertz CT molecular complexity index is 691. The summed E-state index contributed by atoms with van der Waals surface area (Å²) in [6, 6.07) is 21.1. The Morgan fingerprint density at radius 1 is 0.900 bits per heavy atom. The molecule has 0 aliphatic heterocycles. The van der Waals surface area contributed by atoms with E-state index < -0.39 is 0 Å². The standard InChI is InChI=1S/C17H14INS/c18-16-8-4-5-9-17(16)19-11-15-10-14(12-20-15)13-6-2-1-3-7-13/h1-10,12,19H,11H2. The fourth-order valence-electron chi connectivity index (χ4n) is 2.04. The summed E-state index contributed by atoms with van der Waals surface area (Å²) in [5.74, 6) is 0. The molecule has 0 aliphatic rings. The van der Waals surface area contributed by atoms with Gasteiger partial charge in [-0.1, -0.05) is 42.5 Å². The number of hydrogen-bond acceptors (Lipinski definition) is 2. The van der Waals surface area contributed by atoms with Gasteiger partial charge in [-0.2, -0.15) is 0 Å². The van der Waals surface area contributed by atoms with Crippen LogP contribution in [0.5, 0.6) is 0 Å². The van der Waals surface area contributed by atoms with Gasteiger partial charge in [0.1, 0.15) is 0 Å². The molecule has 1 N–H and O–H groups in total. The highest BCUT2D eigenvalue weighted by molar-refractivity contribution is 14.1. The third-order valence-corrected chi connectivity index (χ3v) is 4.97. The van der Waals surface area contributed by atoms with E-state index >= 15 is 0 Å². The lowest BCUT2D eigenvalue weighted by atomic mass is 10.1. The first-order valence-electron chi connectivity index (χ1n) is 6.44. The first-order valence-corrected chi connectivity index (χ1v) is 8.40. The number of rotatable bonds is 4. The Morgan fingerprint density at radius 3 is 2.45 bits per heavy atom. The van der Waals surface area contributed by atoms with E-state index in [2.05, 4.69) is 94.0 Å². The maximum Gasteiger partial charge on any atom is 0.0494 e. The molecular formula is C17H14INS. The Balaban J connectivity index is 1.71. The fourth-order valence-corrected chi connectivity index (χ4v) is 3.45. The molecule has 0 amide bonds. The van der Waals surface area contributed by atoms with E-state index in [1.807, 2.05) is 0 Å². The monoisotopic (exact) mass is 391 g/mol. The highest BCUT2D eigenvalue weighted by Gasteiger charge is 2.03. The molecule has 0 saturated heterocycles. The second-order valence-corrected chi connectivity index (χ2v) is 6.66. The molecule has 3 rings (SSSR count). The minimum atomic E-state index is 0.873. The van der Waals surface area contributed by atoms with Crippen LogP contribution < -0.4 is 5.32 Å². The summed E-state index contributed by atoms with van der Waals surface area (Å²) in [5, 5.41) is 5.72. The van der Waals surface area contributed by atoms with E-state index in [1.54, 1.807) is 11.3 Å². The molecule has 0 unspecified atom stereocenters. The normalized spacial score (nSPS) is 10.4. The second-order valence-electron chi connectivity index (χ2n) is 4.50. The quantitative estimate of drug-likeness (QED) is 0.569. The molecule has 0 spiro atoms. The summed E-state index contributed by atoms with van der Waals surface area (Å²) in [5.41, 5.74) is 3.78. The molecule has 0 fully saturated rings. The molecule has 1 heterocycles. The van der Waals surface area contributed by atoms with Crippen LogP contribution in [0.3, 0.4) is 0 Å². The molecular weight excluding hydrogens is 377 g/mol. The zero-order valence-electron chi connectivity index (χ0n) is 10.8. The molecule has 1 nitrogen and oxygen atoms in total. The smallest absolute Gasteiger partial charge is 0.0494 e. The highest BCUT2D eigenvalue weighted by atomic mass is 127. The van der Waals surface area contributed by atoms with Crippen molar-refractivity contribution in [3.63, 3.8) is 0 Å². The van der Waals surface area contributed by atoms with Crippen LogP contribution in [0, 0.1) is 3.57 Å². The highest BCUT2D eigenvalue weighted by Crippen LogP contribution is 2.26. The van der Waals surface area contributed by atoms with Gasteiger partial charge >= 0.3 is 0 Å². The van der Waals surface area contributed by atoms with E-state index in [0.717, 1.165) is 6.54 Å². The molecule has 2 aromatic carbocycles. The molecule has 20 heavy (non-hydrogen) atoms. The van der Waals surface area contributed by atoms with Crippen LogP contribution >= 0.6 is 33.9 Å². The predicted molar refractivity (Wildman–Crippen MR) is 96.2 cm³/mol. The SMILES string of the molecule is Ic1ccccc1NCc1cc(-c2ccccc2)cs1. The van der Waals surface area contributed by atoms with Crippen molar-refractivity contribution in [2.45, 2.75) is 6.54 Å². The van der Waals surface area contributed by atoms with Crippen LogP contribution in [-0.4, -0.2) is 0 Å². The summed E-state index contributed by atoms with van der Waals surface area (Å²) in [7, 11) is 0. The largest absolute Gasteiger partial charge is 0.379 e. The zero-order valence-corrected chi connectivity index (χ0v) is 13.8. The minimum Gasteiger partial charge on any atom is -0.379 e. The Hall–Kier alpha value is -1.33. The van der Waals surface area contributed by atoms with Crippen LogP contribution in [-0.2, 0) is 6.54 Å². The molecule has 3 aromatic rings. The number of hydrogen-bond donors (Lipinski definition) is 1. The number of benzene rings is 2. The van der Waals surface area contributed by atoms with E-state index in [4.69, 9.17) is 0 Å². The lowest BCUT2D eigenvalue weighted by molar-refractivity contribution is 1.19. The minimum absolute atomic E-state index is 0.873. The van der Waals surface area contributed by atoms with Crippen molar-refractivity contribution in [3.05, 3.63) is 74.5 Å². The van der Waals surface area contributed by atoms with Gasteiger partial charge in [0, 0.05) is 20.7 Å². The van der Waals surface area contributed by atoms with Crippen molar-refractivity contribution in [3.8, 4) is 11.1 Å². The van der Waals surface area contributed by atoms with E-state index in [-0.39, 0.29) is 0 Å². The predicted octanol–water partition coefficient (Wildman–Crippen LogP) is 5.63. The van der Waals surface area contributed by atoms with Crippen LogP contribution in [0.1, 0.15) is 4.88 Å². The van der Waals surface area contributed by atoms with Gasteiger partial charge in [-0.3, -0.25) is 0 Å². The van der Waals surface area contributed by atoms with Crippen molar-refractivity contribution in [1.82, 2.24) is 0 Å². The number of anilines is 1. The first-order chi connectivity index (χ1) is 9.83. The van der Waals surface area contributed by atoms with Gasteiger partial charge in [0.2, 0.25) is 0 Å². The summed E-state index contributed by atoms with van der Waals surface area (Å²) in [6.45, 7) is 0.873. The van der Waals surface area contributed by atoms with Crippen molar-refractivity contribution in [2.75, 3.05) is 5.32 Å². The number of thiophene rings is 1. The molecule has 3 heteroatoms. The van der Waals surface area contributed by atoms with Crippen LogP contribution in [0.15, 0.2) is 66.0 Å². The Labute approximate surface area is 136 Å². The van der Waals surface area contributed by atoms with E-state index in [1.165, 1.54) is 25.3 Å². The lowest BCUT2D eigenvalue weighted by Gasteiger charge is -2.06. The first kappa shape index (κ1) is 13.6. The molecule has 0 atom stereocenters. The van der Waals surface area contributed by atoms with Gasteiger partial charge in [-0.15, -0.1) is 11.3 Å². The van der Waals surface area contributed by atoms with Crippen LogP contribution in [0.4, 0.5) is 5.69 Å². The molecule has 0 radical (unpaired) electrons. The van der Waals surface area contributed by atoms with Gasteiger partial charge in [0.15, 0.2) is 0 Å². The maximum absolute atomic E-state index is 3.50. The van der Waals surface area contributed by atoms with Crippen molar-refractivity contribution >= 4 is 39.6 Å². The van der Waals surface area contributed by atoms with Crippen molar-refractivity contribution in [2.24, 2.45) is 0 Å².